The molecule has 1 aliphatic heterocycles. The smallest absolute Gasteiger partial charge is 0.410 e. The fourth-order valence-electron chi connectivity index (χ4n) is 3.79. The van der Waals surface area contributed by atoms with Gasteiger partial charge in [-0.25, -0.2) is 4.79 Å². The number of imidazole rings is 1. The van der Waals surface area contributed by atoms with E-state index < -0.39 is 5.60 Å². The number of carbonyl (C=O) groups excluding carboxylic acids is 1. The Balaban J connectivity index is 1.57. The zero-order valence-corrected chi connectivity index (χ0v) is 20.0. The molecule has 0 bridgehead atoms. The predicted molar refractivity (Wildman–Crippen MR) is 127 cm³/mol. The molecule has 0 N–H and O–H groups in total. The van der Waals surface area contributed by atoms with Crippen molar-refractivity contribution in [3.8, 4) is 6.01 Å². The Morgan fingerprint density at radius 2 is 1.97 bits per heavy atom. The van der Waals surface area contributed by atoms with Crippen LogP contribution in [-0.4, -0.2) is 45.3 Å². The van der Waals surface area contributed by atoms with Crippen LogP contribution in [0.4, 0.5) is 4.79 Å². The second-order valence-corrected chi connectivity index (χ2v) is 9.86. The lowest BCUT2D eigenvalue weighted by Crippen LogP contribution is -2.46. The first-order valence-electron chi connectivity index (χ1n) is 10.7. The van der Waals surface area contributed by atoms with Crippen molar-refractivity contribution in [2.75, 3.05) is 13.1 Å². The highest BCUT2D eigenvalue weighted by atomic mass is 35.5. The number of fused-ring (bicyclic) bond motifs is 1. The predicted octanol–water partition coefficient (Wildman–Crippen LogP) is 6.17. The summed E-state index contributed by atoms with van der Waals surface area (Å²) in [6.07, 6.45) is 1.19. The van der Waals surface area contributed by atoms with Crippen LogP contribution in [0.1, 0.15) is 39.2 Å². The molecule has 0 saturated carbocycles. The van der Waals surface area contributed by atoms with E-state index >= 15 is 0 Å². The SMILES string of the molecule is CC(C)(C)OC(=O)N1CCC[C@H](Oc2nc3ccccc3n2Cc2ccc(Cl)cc2Cl)C1. The number of hydrogen-bond donors (Lipinski definition) is 0. The highest BCUT2D eigenvalue weighted by Crippen LogP contribution is 2.28. The minimum Gasteiger partial charge on any atom is -0.459 e. The van der Waals surface area contributed by atoms with Crippen molar-refractivity contribution in [3.05, 3.63) is 58.1 Å². The van der Waals surface area contributed by atoms with E-state index in [1.807, 2.05) is 61.7 Å². The summed E-state index contributed by atoms with van der Waals surface area (Å²) in [7, 11) is 0. The second-order valence-electron chi connectivity index (χ2n) is 9.01. The van der Waals surface area contributed by atoms with Gasteiger partial charge in [0.05, 0.1) is 24.1 Å². The lowest BCUT2D eigenvalue weighted by Gasteiger charge is -2.34. The maximum Gasteiger partial charge on any atom is 0.410 e. The Morgan fingerprint density at radius 1 is 1.19 bits per heavy atom. The number of halogens is 2. The molecule has 2 heterocycles. The lowest BCUT2D eigenvalue weighted by atomic mass is 10.1. The van der Waals surface area contributed by atoms with Gasteiger partial charge >= 0.3 is 6.09 Å². The zero-order valence-electron chi connectivity index (χ0n) is 18.5. The molecule has 1 aromatic heterocycles. The van der Waals surface area contributed by atoms with Crippen molar-refractivity contribution in [3.63, 3.8) is 0 Å². The number of para-hydroxylation sites is 2. The topological polar surface area (TPSA) is 56.6 Å². The van der Waals surface area contributed by atoms with Crippen LogP contribution in [0.25, 0.3) is 11.0 Å². The first-order chi connectivity index (χ1) is 15.2. The Morgan fingerprint density at radius 3 is 2.72 bits per heavy atom. The monoisotopic (exact) mass is 475 g/mol. The average molecular weight is 476 g/mol. The number of likely N-dealkylation sites (tertiary alicyclic amines) is 1. The Hall–Kier alpha value is -2.44. The van der Waals surface area contributed by atoms with E-state index in [-0.39, 0.29) is 12.2 Å². The molecule has 0 unspecified atom stereocenters. The molecular formula is C24H27Cl2N3O3. The molecule has 32 heavy (non-hydrogen) atoms. The molecule has 8 heteroatoms. The highest BCUT2D eigenvalue weighted by Gasteiger charge is 2.29. The number of ether oxygens (including phenoxy) is 2. The highest BCUT2D eigenvalue weighted by molar-refractivity contribution is 6.35. The maximum absolute atomic E-state index is 12.5. The molecule has 1 fully saturated rings. The van der Waals surface area contributed by atoms with Gasteiger partial charge < -0.3 is 14.4 Å². The third kappa shape index (κ3) is 5.30. The van der Waals surface area contributed by atoms with Gasteiger partial charge in [0, 0.05) is 16.6 Å². The van der Waals surface area contributed by atoms with E-state index in [0.29, 0.717) is 35.7 Å². The summed E-state index contributed by atoms with van der Waals surface area (Å²) in [5, 5.41) is 1.19. The first kappa shape index (κ1) is 22.7. The van der Waals surface area contributed by atoms with Crippen molar-refractivity contribution >= 4 is 40.3 Å². The van der Waals surface area contributed by atoms with Crippen molar-refractivity contribution in [2.24, 2.45) is 0 Å². The number of rotatable bonds is 4. The number of nitrogens with zero attached hydrogens (tertiary/aromatic N) is 3. The third-order valence-electron chi connectivity index (χ3n) is 5.27. The molecule has 0 spiro atoms. The molecule has 1 aliphatic rings. The Labute approximate surface area is 198 Å². The average Bonchev–Trinajstić information content (AvgIpc) is 3.06. The van der Waals surface area contributed by atoms with Gasteiger partial charge in [-0.2, -0.15) is 4.98 Å². The van der Waals surface area contributed by atoms with Crippen LogP contribution >= 0.6 is 23.2 Å². The van der Waals surface area contributed by atoms with E-state index in [1.54, 1.807) is 11.0 Å². The molecule has 4 rings (SSSR count). The van der Waals surface area contributed by atoms with Gasteiger partial charge in [0.25, 0.3) is 6.01 Å². The summed E-state index contributed by atoms with van der Waals surface area (Å²) in [4.78, 5) is 19.0. The van der Waals surface area contributed by atoms with Gasteiger partial charge in [-0.15, -0.1) is 0 Å². The van der Waals surface area contributed by atoms with Gasteiger partial charge in [-0.05, 0) is 63.4 Å². The van der Waals surface area contributed by atoms with Gasteiger partial charge in [-0.1, -0.05) is 41.4 Å². The summed E-state index contributed by atoms with van der Waals surface area (Å²) in [5.74, 6) is 0. The number of carbonyl (C=O) groups is 1. The molecule has 1 atom stereocenters. The summed E-state index contributed by atoms with van der Waals surface area (Å²) >= 11 is 12.5. The van der Waals surface area contributed by atoms with Crippen molar-refractivity contribution in [1.82, 2.24) is 14.5 Å². The number of benzene rings is 2. The van der Waals surface area contributed by atoms with Gasteiger partial charge in [0.15, 0.2) is 0 Å². The Kier molecular flexibility index (Phi) is 6.54. The van der Waals surface area contributed by atoms with Crippen LogP contribution in [0.2, 0.25) is 10.0 Å². The summed E-state index contributed by atoms with van der Waals surface area (Å²) in [6, 6.07) is 13.9. The standard InChI is InChI=1S/C24H27Cl2N3O3/c1-24(2,3)32-23(30)28-12-6-7-18(15-28)31-22-27-20-8-4-5-9-21(20)29(22)14-16-10-11-17(25)13-19(16)26/h4-5,8-11,13,18H,6-7,12,14-15H2,1-3H3/t18-/m0/s1. The van der Waals surface area contributed by atoms with Crippen LogP contribution in [0.3, 0.4) is 0 Å². The second kappa shape index (κ2) is 9.20. The minimum atomic E-state index is -0.531. The maximum atomic E-state index is 12.5. The molecule has 1 saturated heterocycles. The van der Waals surface area contributed by atoms with Crippen LogP contribution in [0.5, 0.6) is 6.01 Å². The fraction of sp³-hybridized carbons (Fsp3) is 0.417. The van der Waals surface area contributed by atoms with E-state index in [0.717, 1.165) is 29.4 Å². The number of amides is 1. The molecule has 2 aromatic carbocycles. The molecule has 0 radical (unpaired) electrons. The van der Waals surface area contributed by atoms with Crippen molar-refractivity contribution in [1.29, 1.82) is 0 Å². The molecule has 170 valence electrons. The lowest BCUT2D eigenvalue weighted by molar-refractivity contribution is 0.00626. The quantitative estimate of drug-likeness (QED) is 0.452. The number of aromatic nitrogens is 2. The summed E-state index contributed by atoms with van der Waals surface area (Å²) in [6.45, 7) is 7.22. The van der Waals surface area contributed by atoms with E-state index in [2.05, 4.69) is 0 Å². The van der Waals surface area contributed by atoms with E-state index in [1.165, 1.54) is 0 Å². The van der Waals surface area contributed by atoms with Crippen LogP contribution in [0.15, 0.2) is 42.5 Å². The van der Waals surface area contributed by atoms with Crippen LogP contribution in [-0.2, 0) is 11.3 Å². The molecule has 3 aromatic rings. The first-order valence-corrected chi connectivity index (χ1v) is 11.5. The van der Waals surface area contributed by atoms with E-state index in [9.17, 15) is 4.79 Å². The normalized spacial score (nSPS) is 16.9. The van der Waals surface area contributed by atoms with Crippen LogP contribution < -0.4 is 4.74 Å². The third-order valence-corrected chi connectivity index (χ3v) is 5.85. The molecular weight excluding hydrogens is 449 g/mol. The van der Waals surface area contributed by atoms with Crippen molar-refractivity contribution < 1.29 is 14.3 Å². The summed E-state index contributed by atoms with van der Waals surface area (Å²) in [5.41, 5.74) is 2.18. The number of hydrogen-bond acceptors (Lipinski definition) is 4. The molecule has 0 aliphatic carbocycles. The van der Waals surface area contributed by atoms with Crippen LogP contribution in [0, 0.1) is 0 Å². The number of piperidine rings is 1. The summed E-state index contributed by atoms with van der Waals surface area (Å²) < 4.78 is 13.9. The van der Waals surface area contributed by atoms with Gasteiger partial charge in [0.1, 0.15) is 11.7 Å². The minimum absolute atomic E-state index is 0.174. The van der Waals surface area contributed by atoms with Crippen molar-refractivity contribution in [2.45, 2.75) is 51.9 Å². The molecule has 6 nitrogen and oxygen atoms in total. The molecule has 1 amide bonds. The Bertz CT molecular complexity index is 1120. The van der Waals surface area contributed by atoms with Gasteiger partial charge in [0.2, 0.25) is 0 Å². The fourth-order valence-corrected chi connectivity index (χ4v) is 4.26. The largest absolute Gasteiger partial charge is 0.459 e. The van der Waals surface area contributed by atoms with E-state index in [4.69, 9.17) is 37.7 Å². The zero-order chi connectivity index (χ0) is 22.9. The van der Waals surface area contributed by atoms with Gasteiger partial charge in [-0.3, -0.25) is 4.57 Å².